The highest BCUT2D eigenvalue weighted by Crippen LogP contribution is 2.27. The Bertz CT molecular complexity index is 358. The Morgan fingerprint density at radius 2 is 1.85 bits per heavy atom. The van der Waals surface area contributed by atoms with Gasteiger partial charge in [-0.15, -0.1) is 11.8 Å². The van der Waals surface area contributed by atoms with Gasteiger partial charge in [0.15, 0.2) is 0 Å². The number of rotatable bonds is 4. The van der Waals surface area contributed by atoms with Crippen LogP contribution in [0, 0.1) is 0 Å². The summed E-state index contributed by atoms with van der Waals surface area (Å²) in [5.41, 5.74) is -1.42. The Morgan fingerprint density at radius 3 is 2.30 bits per heavy atom. The van der Waals surface area contributed by atoms with Gasteiger partial charge in [-0.3, -0.25) is 4.79 Å². The van der Waals surface area contributed by atoms with E-state index in [1.165, 1.54) is 11.8 Å². The second-order valence-corrected chi connectivity index (χ2v) is 7.06. The number of aliphatic carboxylic acids is 1. The number of carboxylic acids is 1. The van der Waals surface area contributed by atoms with Gasteiger partial charge in [0.25, 0.3) is 0 Å². The molecule has 0 radical (unpaired) electrons. The van der Waals surface area contributed by atoms with Crippen LogP contribution in [-0.2, 0) is 9.53 Å². The minimum Gasteiger partial charge on any atom is -0.481 e. The van der Waals surface area contributed by atoms with Crippen molar-refractivity contribution in [1.29, 1.82) is 0 Å². The summed E-state index contributed by atoms with van der Waals surface area (Å²) in [4.78, 5) is 23.9. The number of nitrogens with zero attached hydrogens (tertiary/aromatic N) is 1. The number of ether oxygens (including phenoxy) is 1. The predicted molar refractivity (Wildman–Crippen MR) is 77.0 cm³/mol. The average molecular weight is 305 g/mol. The number of carboxylic acid groups (broad SMARTS) is 1. The van der Waals surface area contributed by atoms with Gasteiger partial charge in [0.05, 0.1) is 11.4 Å². The molecule has 20 heavy (non-hydrogen) atoms. The lowest BCUT2D eigenvalue weighted by atomic mass is 9.94. The van der Waals surface area contributed by atoms with E-state index < -0.39 is 17.2 Å². The van der Waals surface area contributed by atoms with Crippen LogP contribution in [0.2, 0.25) is 0 Å². The number of hydrogen-bond acceptors (Lipinski definition) is 5. The molecular formula is C13H23NO5S. The highest BCUT2D eigenvalue weighted by molar-refractivity contribution is 8.00. The van der Waals surface area contributed by atoms with Crippen molar-refractivity contribution < 1.29 is 24.5 Å². The largest absolute Gasteiger partial charge is 0.481 e. The van der Waals surface area contributed by atoms with E-state index in [4.69, 9.17) is 9.84 Å². The lowest BCUT2D eigenvalue weighted by Gasteiger charge is -2.38. The third-order valence-electron chi connectivity index (χ3n) is 2.94. The van der Waals surface area contributed by atoms with Crippen LogP contribution >= 0.6 is 11.8 Å². The average Bonchev–Trinajstić information content (AvgIpc) is 2.26. The summed E-state index contributed by atoms with van der Waals surface area (Å²) in [5.74, 6) is -0.524. The molecule has 6 nitrogen and oxygen atoms in total. The fourth-order valence-electron chi connectivity index (χ4n) is 1.90. The van der Waals surface area contributed by atoms with Crippen LogP contribution in [0.3, 0.4) is 0 Å². The van der Waals surface area contributed by atoms with Crippen molar-refractivity contribution in [2.75, 3.05) is 24.6 Å². The van der Waals surface area contributed by atoms with E-state index in [1.54, 1.807) is 4.90 Å². The van der Waals surface area contributed by atoms with Gasteiger partial charge in [0, 0.05) is 18.8 Å². The summed E-state index contributed by atoms with van der Waals surface area (Å²) in [6, 6.07) is 0. The molecule has 0 atom stereocenters. The van der Waals surface area contributed by atoms with E-state index in [0.717, 1.165) is 0 Å². The second-order valence-electron chi connectivity index (χ2n) is 6.08. The highest BCUT2D eigenvalue weighted by atomic mass is 32.2. The molecule has 0 aromatic rings. The lowest BCUT2D eigenvalue weighted by molar-refractivity contribution is -0.133. The van der Waals surface area contributed by atoms with Crippen LogP contribution in [0.4, 0.5) is 4.79 Å². The van der Waals surface area contributed by atoms with Crippen molar-refractivity contribution in [3.63, 3.8) is 0 Å². The van der Waals surface area contributed by atoms with Crippen LogP contribution < -0.4 is 0 Å². The SMILES string of the molecule is CC(C)(C)OC(=O)N1CCC(O)(CSCC(=O)O)CC1. The number of piperidine rings is 1. The lowest BCUT2D eigenvalue weighted by Crippen LogP contribution is -2.49. The topological polar surface area (TPSA) is 87.1 Å². The fraction of sp³-hybridized carbons (Fsp3) is 0.846. The molecule has 0 spiro atoms. The summed E-state index contributed by atoms with van der Waals surface area (Å²) in [6.07, 6.45) is 0.523. The molecule has 0 aliphatic carbocycles. The molecule has 116 valence electrons. The molecule has 2 N–H and O–H groups in total. The number of carbonyl (C=O) groups is 2. The normalized spacial score (nSPS) is 18.7. The minimum atomic E-state index is -0.890. The summed E-state index contributed by atoms with van der Waals surface area (Å²) >= 11 is 1.20. The third-order valence-corrected chi connectivity index (χ3v) is 4.13. The molecule has 0 bridgehead atoms. The number of hydrogen-bond donors (Lipinski definition) is 2. The van der Waals surface area contributed by atoms with Gasteiger partial charge in [0.1, 0.15) is 5.60 Å². The van der Waals surface area contributed by atoms with Gasteiger partial charge >= 0.3 is 12.1 Å². The molecule has 0 aromatic heterocycles. The Kier molecular flexibility index (Phi) is 5.70. The van der Waals surface area contributed by atoms with Crippen molar-refractivity contribution in [3.8, 4) is 0 Å². The van der Waals surface area contributed by atoms with E-state index in [9.17, 15) is 14.7 Å². The monoisotopic (exact) mass is 305 g/mol. The molecule has 0 aromatic carbocycles. The van der Waals surface area contributed by atoms with Gasteiger partial charge in [-0.25, -0.2) is 4.79 Å². The first-order valence-electron chi connectivity index (χ1n) is 6.61. The molecule has 1 fully saturated rings. The molecule has 0 saturated carbocycles. The maximum absolute atomic E-state index is 11.9. The minimum absolute atomic E-state index is 0.0158. The molecule has 0 unspecified atom stereocenters. The maximum Gasteiger partial charge on any atom is 0.410 e. The van der Waals surface area contributed by atoms with Gasteiger partial charge in [-0.2, -0.15) is 0 Å². The fourth-order valence-corrected chi connectivity index (χ4v) is 2.85. The quantitative estimate of drug-likeness (QED) is 0.820. The molecular weight excluding hydrogens is 282 g/mol. The van der Waals surface area contributed by atoms with Crippen molar-refractivity contribution >= 4 is 23.8 Å². The highest BCUT2D eigenvalue weighted by Gasteiger charge is 2.35. The number of amides is 1. The van der Waals surface area contributed by atoms with E-state index in [-0.39, 0.29) is 11.8 Å². The summed E-state index contributed by atoms with van der Waals surface area (Å²) in [6.45, 7) is 6.30. The first-order chi connectivity index (χ1) is 9.11. The molecule has 1 saturated heterocycles. The van der Waals surface area contributed by atoms with Gasteiger partial charge in [-0.05, 0) is 33.6 Å². The number of likely N-dealkylation sites (tertiary alicyclic amines) is 1. The zero-order valence-electron chi connectivity index (χ0n) is 12.2. The van der Waals surface area contributed by atoms with Gasteiger partial charge in [-0.1, -0.05) is 0 Å². The van der Waals surface area contributed by atoms with Crippen LogP contribution in [-0.4, -0.2) is 63.0 Å². The van der Waals surface area contributed by atoms with Crippen molar-refractivity contribution in [2.45, 2.75) is 44.8 Å². The molecule has 1 rings (SSSR count). The molecule has 1 heterocycles. The number of carbonyl (C=O) groups excluding carboxylic acids is 1. The first-order valence-corrected chi connectivity index (χ1v) is 7.77. The van der Waals surface area contributed by atoms with Crippen LogP contribution in [0.1, 0.15) is 33.6 Å². The van der Waals surface area contributed by atoms with Crippen molar-refractivity contribution in [2.24, 2.45) is 0 Å². The molecule has 1 aliphatic rings. The summed E-state index contributed by atoms with van der Waals surface area (Å²) in [7, 11) is 0. The Morgan fingerprint density at radius 1 is 1.30 bits per heavy atom. The number of aliphatic hydroxyl groups is 1. The van der Waals surface area contributed by atoms with E-state index in [0.29, 0.717) is 31.7 Å². The Labute approximate surface area is 123 Å². The van der Waals surface area contributed by atoms with E-state index >= 15 is 0 Å². The molecule has 7 heteroatoms. The van der Waals surface area contributed by atoms with Crippen LogP contribution in [0.5, 0.6) is 0 Å². The third kappa shape index (κ3) is 6.00. The van der Waals surface area contributed by atoms with Crippen LogP contribution in [0.15, 0.2) is 0 Å². The van der Waals surface area contributed by atoms with Crippen LogP contribution in [0.25, 0.3) is 0 Å². The smallest absolute Gasteiger partial charge is 0.410 e. The van der Waals surface area contributed by atoms with Crippen molar-refractivity contribution in [3.05, 3.63) is 0 Å². The van der Waals surface area contributed by atoms with Gasteiger partial charge in [0.2, 0.25) is 0 Å². The standard InChI is InChI=1S/C13H23NO5S/c1-12(2,3)19-11(17)14-6-4-13(18,5-7-14)9-20-8-10(15)16/h18H,4-9H2,1-3H3,(H,15,16). The van der Waals surface area contributed by atoms with E-state index in [2.05, 4.69) is 0 Å². The zero-order chi connectivity index (χ0) is 15.4. The Balaban J connectivity index is 2.38. The second kappa shape index (κ2) is 6.67. The Hall–Kier alpha value is -0.950. The predicted octanol–water partition coefficient (Wildman–Crippen LogP) is 1.57. The van der Waals surface area contributed by atoms with Gasteiger partial charge < -0.3 is 19.8 Å². The van der Waals surface area contributed by atoms with E-state index in [1.807, 2.05) is 20.8 Å². The maximum atomic E-state index is 11.9. The van der Waals surface area contributed by atoms with Crippen molar-refractivity contribution in [1.82, 2.24) is 4.90 Å². The first kappa shape index (κ1) is 17.1. The summed E-state index contributed by atoms with van der Waals surface area (Å²) < 4.78 is 5.28. The molecule has 1 amide bonds. The number of thioether (sulfide) groups is 1. The molecule has 1 aliphatic heterocycles. The zero-order valence-corrected chi connectivity index (χ0v) is 13.0. The summed E-state index contributed by atoms with van der Waals surface area (Å²) in [5, 5.41) is 18.9.